The second-order valence-electron chi connectivity index (χ2n) is 9.22. The molecule has 8 nitrogen and oxygen atoms in total. The van der Waals surface area contributed by atoms with Crippen LogP contribution in [0.4, 0.5) is 17.3 Å². The smallest absolute Gasteiger partial charge is 0.260 e. The van der Waals surface area contributed by atoms with Gasteiger partial charge in [0.05, 0.1) is 18.1 Å². The van der Waals surface area contributed by atoms with Crippen LogP contribution >= 0.6 is 11.3 Å². The summed E-state index contributed by atoms with van der Waals surface area (Å²) in [4.78, 5) is 29.4. The molecular formula is C28H28N6O2S. The summed E-state index contributed by atoms with van der Waals surface area (Å²) in [5.74, 6) is 0.465. The van der Waals surface area contributed by atoms with E-state index in [1.165, 1.54) is 5.69 Å². The predicted octanol–water partition coefficient (Wildman–Crippen LogP) is 5.30. The van der Waals surface area contributed by atoms with Crippen LogP contribution in [0.3, 0.4) is 0 Å². The number of aryl methyl sites for hydroxylation is 1. The number of likely N-dealkylation sites (N-methyl/N-ethyl adjacent to an activating group) is 1. The van der Waals surface area contributed by atoms with Crippen LogP contribution in [0.25, 0.3) is 31.9 Å². The summed E-state index contributed by atoms with van der Waals surface area (Å²) in [5, 5.41) is 4.12. The zero-order chi connectivity index (χ0) is 25.4. The minimum Gasteiger partial charge on any atom is -0.472 e. The molecule has 1 aromatic carbocycles. The van der Waals surface area contributed by atoms with E-state index in [0.717, 1.165) is 52.6 Å². The van der Waals surface area contributed by atoms with E-state index >= 15 is 0 Å². The van der Waals surface area contributed by atoms with Crippen LogP contribution in [0.15, 0.2) is 76.5 Å². The van der Waals surface area contributed by atoms with Crippen molar-refractivity contribution in [3.8, 4) is 20.9 Å². The number of hydrogen-bond acceptors (Lipinski definition) is 8. The van der Waals surface area contributed by atoms with Crippen molar-refractivity contribution in [3.05, 3.63) is 77.6 Å². The first-order chi connectivity index (χ1) is 18.1. The maximum absolute atomic E-state index is 13.5. The molecule has 0 unspecified atom stereocenters. The minimum atomic E-state index is -0.0585. The molecule has 1 saturated heterocycles. The van der Waals surface area contributed by atoms with Crippen molar-refractivity contribution < 1.29 is 4.42 Å². The van der Waals surface area contributed by atoms with Gasteiger partial charge in [-0.15, -0.1) is 11.3 Å². The Morgan fingerprint density at radius 1 is 1.03 bits per heavy atom. The number of furan rings is 1. The van der Waals surface area contributed by atoms with Crippen molar-refractivity contribution in [2.24, 2.45) is 0 Å². The van der Waals surface area contributed by atoms with Gasteiger partial charge >= 0.3 is 0 Å². The van der Waals surface area contributed by atoms with Crippen molar-refractivity contribution >= 4 is 39.7 Å². The first-order valence-electron chi connectivity index (χ1n) is 12.4. The maximum Gasteiger partial charge on any atom is 0.260 e. The maximum atomic E-state index is 13.5. The van der Waals surface area contributed by atoms with Crippen LogP contribution in [0, 0.1) is 0 Å². The third-order valence-corrected chi connectivity index (χ3v) is 7.98. The Kier molecular flexibility index (Phi) is 6.23. The molecule has 1 N–H and O–H groups in total. The van der Waals surface area contributed by atoms with E-state index in [-0.39, 0.29) is 5.56 Å². The van der Waals surface area contributed by atoms with Gasteiger partial charge in [-0.2, -0.15) is 4.98 Å². The molecular weight excluding hydrogens is 484 g/mol. The standard InChI is InChI=1S/C28H28N6O2S/c1-3-34-26-20(16-23(27(34)35)25-9-8-24(37-25)19-10-15-36-18-19)17-29-28(31-26)30-21-4-6-22(7-5-21)33-13-11-32(2)12-14-33/h4-10,15-18H,3,11-14H2,1-2H3,(H,29,30,31). The number of nitrogens with one attached hydrogen (secondary N) is 1. The first kappa shape index (κ1) is 23.4. The van der Waals surface area contributed by atoms with E-state index in [1.54, 1.807) is 34.6 Å². The van der Waals surface area contributed by atoms with Crippen molar-refractivity contribution in [1.29, 1.82) is 0 Å². The molecule has 5 aromatic rings. The van der Waals surface area contributed by atoms with Gasteiger partial charge in [-0.3, -0.25) is 9.36 Å². The summed E-state index contributed by atoms with van der Waals surface area (Å²) in [5.41, 5.74) is 4.34. The Bertz CT molecular complexity index is 1580. The highest BCUT2D eigenvalue weighted by Gasteiger charge is 2.16. The van der Waals surface area contributed by atoms with Gasteiger partial charge in [0.1, 0.15) is 5.65 Å². The van der Waals surface area contributed by atoms with Gasteiger partial charge < -0.3 is 19.5 Å². The molecule has 4 aromatic heterocycles. The lowest BCUT2D eigenvalue weighted by molar-refractivity contribution is 0.313. The molecule has 37 heavy (non-hydrogen) atoms. The average molecular weight is 513 g/mol. The molecule has 0 saturated carbocycles. The van der Waals surface area contributed by atoms with Gasteiger partial charge in [0.25, 0.3) is 5.56 Å². The molecule has 0 spiro atoms. The lowest BCUT2D eigenvalue weighted by atomic mass is 10.2. The highest BCUT2D eigenvalue weighted by atomic mass is 32.1. The number of thiophene rings is 1. The van der Waals surface area contributed by atoms with E-state index in [4.69, 9.17) is 9.40 Å². The molecule has 0 aliphatic carbocycles. The van der Waals surface area contributed by atoms with Crippen LogP contribution in [0.1, 0.15) is 6.92 Å². The number of anilines is 3. The number of rotatable bonds is 6. The fourth-order valence-electron chi connectivity index (χ4n) is 4.68. The molecule has 0 amide bonds. The number of fused-ring (bicyclic) bond motifs is 1. The Morgan fingerprint density at radius 3 is 2.54 bits per heavy atom. The summed E-state index contributed by atoms with van der Waals surface area (Å²) in [6.07, 6.45) is 5.14. The normalized spacial score (nSPS) is 14.4. The van der Waals surface area contributed by atoms with Gasteiger partial charge in [-0.1, -0.05) is 0 Å². The number of benzene rings is 1. The topological polar surface area (TPSA) is 79.4 Å². The van der Waals surface area contributed by atoms with Gasteiger partial charge in [0, 0.05) is 71.0 Å². The van der Waals surface area contributed by atoms with Gasteiger partial charge in [-0.05, 0) is 62.5 Å². The number of hydrogen-bond donors (Lipinski definition) is 1. The SMILES string of the molecule is CCn1c(=O)c(-c2ccc(-c3ccoc3)s2)cc2cnc(Nc3ccc(N4CCN(C)CC4)cc3)nc21. The molecule has 0 radical (unpaired) electrons. The molecule has 0 atom stereocenters. The summed E-state index contributed by atoms with van der Waals surface area (Å²) in [7, 11) is 2.16. The number of pyridine rings is 1. The lowest BCUT2D eigenvalue weighted by Gasteiger charge is -2.34. The van der Waals surface area contributed by atoms with E-state index in [0.29, 0.717) is 23.7 Å². The monoisotopic (exact) mass is 512 g/mol. The third-order valence-electron chi connectivity index (χ3n) is 6.81. The van der Waals surface area contributed by atoms with Gasteiger partial charge in [0.15, 0.2) is 0 Å². The molecule has 1 aliphatic heterocycles. The van der Waals surface area contributed by atoms with E-state index in [2.05, 4.69) is 39.3 Å². The van der Waals surface area contributed by atoms with Gasteiger partial charge in [0.2, 0.25) is 5.95 Å². The molecule has 0 bridgehead atoms. The Labute approximate surface area is 218 Å². The molecule has 188 valence electrons. The highest BCUT2D eigenvalue weighted by molar-refractivity contribution is 7.18. The first-order valence-corrected chi connectivity index (χ1v) is 13.2. The molecule has 6 rings (SSSR count). The van der Waals surface area contributed by atoms with Gasteiger partial charge in [-0.25, -0.2) is 4.98 Å². The largest absolute Gasteiger partial charge is 0.472 e. The minimum absolute atomic E-state index is 0.0585. The zero-order valence-corrected chi connectivity index (χ0v) is 21.7. The Hall–Kier alpha value is -3.95. The van der Waals surface area contributed by atoms with Crippen molar-refractivity contribution in [3.63, 3.8) is 0 Å². The van der Waals surface area contributed by atoms with Crippen LogP contribution in [-0.2, 0) is 6.54 Å². The number of nitrogens with zero attached hydrogens (tertiary/aromatic N) is 5. The van der Waals surface area contributed by atoms with Crippen LogP contribution in [0.2, 0.25) is 0 Å². The summed E-state index contributed by atoms with van der Waals surface area (Å²) in [6, 6.07) is 16.2. The van der Waals surface area contributed by atoms with Crippen molar-refractivity contribution in [2.75, 3.05) is 43.4 Å². The summed E-state index contributed by atoms with van der Waals surface area (Å²) >= 11 is 1.57. The van der Waals surface area contributed by atoms with Crippen LogP contribution in [0.5, 0.6) is 0 Å². The lowest BCUT2D eigenvalue weighted by Crippen LogP contribution is -2.44. The van der Waals surface area contributed by atoms with Crippen LogP contribution in [-0.4, -0.2) is 52.7 Å². The van der Waals surface area contributed by atoms with E-state index < -0.39 is 0 Å². The number of piperazine rings is 1. The second kappa shape index (κ2) is 9.84. The third kappa shape index (κ3) is 4.63. The summed E-state index contributed by atoms with van der Waals surface area (Å²) < 4.78 is 6.92. The number of aromatic nitrogens is 3. The fraction of sp³-hybridized carbons (Fsp3) is 0.250. The average Bonchev–Trinajstić information content (AvgIpc) is 3.62. The fourth-order valence-corrected chi connectivity index (χ4v) is 5.68. The highest BCUT2D eigenvalue weighted by Crippen LogP contribution is 2.34. The van der Waals surface area contributed by atoms with E-state index in [9.17, 15) is 4.79 Å². The zero-order valence-electron chi connectivity index (χ0n) is 20.8. The molecule has 1 fully saturated rings. The second-order valence-corrected chi connectivity index (χ2v) is 10.3. The Balaban J connectivity index is 1.27. The van der Waals surface area contributed by atoms with Crippen LogP contribution < -0.4 is 15.8 Å². The predicted molar refractivity (Wildman–Crippen MR) is 150 cm³/mol. The Morgan fingerprint density at radius 2 is 1.81 bits per heavy atom. The quantitative estimate of drug-likeness (QED) is 0.331. The van der Waals surface area contributed by atoms with Crippen molar-refractivity contribution in [2.45, 2.75) is 13.5 Å². The van der Waals surface area contributed by atoms with E-state index in [1.807, 2.05) is 43.3 Å². The molecule has 1 aliphatic rings. The summed E-state index contributed by atoms with van der Waals surface area (Å²) in [6.45, 7) is 6.68. The molecule has 9 heteroatoms. The molecule has 5 heterocycles. The van der Waals surface area contributed by atoms with Crippen molar-refractivity contribution in [1.82, 2.24) is 19.4 Å².